The number of carbonyl (C=O) groups is 2. The van der Waals surface area contributed by atoms with E-state index in [0.29, 0.717) is 45.8 Å². The van der Waals surface area contributed by atoms with Crippen LogP contribution in [0, 0.1) is 5.92 Å². The van der Waals surface area contributed by atoms with Gasteiger partial charge in [0.15, 0.2) is 11.6 Å². The third-order valence-corrected chi connectivity index (χ3v) is 5.66. The van der Waals surface area contributed by atoms with E-state index in [2.05, 4.69) is 10.0 Å². The number of rotatable bonds is 15. The van der Waals surface area contributed by atoms with Gasteiger partial charge in [0.1, 0.15) is 13.2 Å². The second-order valence-electron chi connectivity index (χ2n) is 5.05. The van der Waals surface area contributed by atoms with E-state index in [4.69, 9.17) is 19.7 Å². The number of carbonyl (C=O) groups excluding carboxylic acids is 2. The summed E-state index contributed by atoms with van der Waals surface area (Å²) in [5.41, 5.74) is 8.06. The van der Waals surface area contributed by atoms with Crippen molar-refractivity contribution in [3.05, 3.63) is 10.4 Å². The average molecular weight is 377 g/mol. The van der Waals surface area contributed by atoms with Crippen LogP contribution in [-0.4, -0.2) is 69.3 Å². The molecule has 10 heteroatoms. The third kappa shape index (κ3) is 10.9. The van der Waals surface area contributed by atoms with Gasteiger partial charge in [0.05, 0.1) is 19.8 Å². The van der Waals surface area contributed by atoms with E-state index in [1.54, 1.807) is 21.6 Å². The highest BCUT2D eigenvalue weighted by molar-refractivity contribution is 8.77. The molecule has 0 radical (unpaired) electrons. The Hall–Kier alpha value is -0.770. The van der Waals surface area contributed by atoms with Gasteiger partial charge >= 0.3 is 0 Å². The van der Waals surface area contributed by atoms with Gasteiger partial charge in [-0.3, -0.25) is 9.59 Å². The van der Waals surface area contributed by atoms with Crippen LogP contribution in [0.1, 0.15) is 12.8 Å². The van der Waals surface area contributed by atoms with Crippen LogP contribution in [0.15, 0.2) is 5.11 Å². The molecule has 0 atom stereocenters. The van der Waals surface area contributed by atoms with Gasteiger partial charge in [-0.25, -0.2) is 0 Å². The van der Waals surface area contributed by atoms with Crippen molar-refractivity contribution in [3.63, 3.8) is 0 Å². The first kappa shape index (κ1) is 21.3. The van der Waals surface area contributed by atoms with Crippen LogP contribution in [-0.2, 0) is 23.8 Å². The smallest absolute Gasteiger partial charge is 0.163 e. The molecular weight excluding hydrogens is 354 g/mol. The zero-order valence-electron chi connectivity index (χ0n) is 13.6. The van der Waals surface area contributed by atoms with Crippen molar-refractivity contribution in [2.75, 3.05) is 57.7 Å². The Balaban J connectivity index is 1.85. The highest BCUT2D eigenvalue weighted by Crippen LogP contribution is 2.34. The standard InChI is InChI=1S/C14H23N3O5S2/c15-17-16-3-5-21-7-6-20-4-1-2-13(18)8-22-9-14(19)12-10-23-24-11-12/h12H,1-11H2. The van der Waals surface area contributed by atoms with Gasteiger partial charge in [-0.15, -0.1) is 0 Å². The average Bonchev–Trinajstić information content (AvgIpc) is 3.11. The summed E-state index contributed by atoms with van der Waals surface area (Å²) in [4.78, 5) is 26.0. The largest absolute Gasteiger partial charge is 0.379 e. The third-order valence-electron chi connectivity index (χ3n) is 3.10. The molecule has 0 N–H and O–H groups in total. The highest BCUT2D eigenvalue weighted by Gasteiger charge is 2.23. The fourth-order valence-corrected chi connectivity index (χ4v) is 4.63. The zero-order valence-corrected chi connectivity index (χ0v) is 15.2. The molecule has 0 aromatic heterocycles. The predicted octanol–water partition coefficient (Wildman–Crippen LogP) is 2.28. The summed E-state index contributed by atoms with van der Waals surface area (Å²) < 4.78 is 15.7. The fraction of sp³-hybridized carbons (Fsp3) is 0.857. The Labute approximate surface area is 149 Å². The van der Waals surface area contributed by atoms with Gasteiger partial charge in [0.2, 0.25) is 0 Å². The molecular formula is C14H23N3O5S2. The summed E-state index contributed by atoms with van der Waals surface area (Å²) in [5, 5.41) is 3.34. The quantitative estimate of drug-likeness (QED) is 0.141. The molecule has 0 saturated carbocycles. The maximum absolute atomic E-state index is 11.8. The summed E-state index contributed by atoms with van der Waals surface area (Å²) in [5.74, 6) is 1.81. The first-order valence-electron chi connectivity index (χ1n) is 7.77. The Morgan fingerprint density at radius 2 is 1.75 bits per heavy atom. The van der Waals surface area contributed by atoms with Crippen molar-refractivity contribution >= 4 is 33.2 Å². The molecule has 0 aromatic rings. The monoisotopic (exact) mass is 377 g/mol. The number of Topliss-reactive ketones (excluding diaryl/α,β-unsaturated/α-hetero) is 2. The lowest BCUT2D eigenvalue weighted by Crippen LogP contribution is -2.23. The van der Waals surface area contributed by atoms with Crippen LogP contribution >= 0.6 is 21.6 Å². The first-order valence-corrected chi connectivity index (χ1v) is 10.3. The van der Waals surface area contributed by atoms with Crippen LogP contribution < -0.4 is 0 Å². The molecule has 0 spiro atoms. The molecule has 0 aromatic carbocycles. The van der Waals surface area contributed by atoms with E-state index in [-0.39, 0.29) is 30.7 Å². The van der Waals surface area contributed by atoms with Crippen LogP contribution in [0.25, 0.3) is 10.4 Å². The molecule has 1 fully saturated rings. The lowest BCUT2D eigenvalue weighted by atomic mass is 10.1. The molecule has 1 heterocycles. The number of hydrogen-bond acceptors (Lipinski definition) is 8. The first-order chi connectivity index (χ1) is 11.7. The van der Waals surface area contributed by atoms with Crippen LogP contribution in [0.4, 0.5) is 0 Å². The topological polar surface area (TPSA) is 111 Å². The molecule has 1 aliphatic rings. The van der Waals surface area contributed by atoms with E-state index in [0.717, 1.165) is 11.5 Å². The fourth-order valence-electron chi connectivity index (χ4n) is 1.79. The molecule has 136 valence electrons. The normalized spacial score (nSPS) is 14.5. The lowest BCUT2D eigenvalue weighted by Gasteiger charge is -2.07. The summed E-state index contributed by atoms with van der Waals surface area (Å²) >= 11 is 0. The van der Waals surface area contributed by atoms with E-state index in [9.17, 15) is 9.59 Å². The number of hydrogen-bond donors (Lipinski definition) is 0. The van der Waals surface area contributed by atoms with Crippen LogP contribution in [0.5, 0.6) is 0 Å². The van der Waals surface area contributed by atoms with Crippen molar-refractivity contribution in [2.24, 2.45) is 11.0 Å². The van der Waals surface area contributed by atoms with Gasteiger partial charge in [-0.2, -0.15) is 0 Å². The van der Waals surface area contributed by atoms with Crippen molar-refractivity contribution in [1.82, 2.24) is 0 Å². The number of nitrogens with zero attached hydrogens (tertiary/aromatic N) is 3. The van der Waals surface area contributed by atoms with Gasteiger partial charge in [0.25, 0.3) is 0 Å². The van der Waals surface area contributed by atoms with Crippen molar-refractivity contribution in [3.8, 4) is 0 Å². The Kier molecular flexibility index (Phi) is 12.9. The molecule has 0 unspecified atom stereocenters. The summed E-state index contributed by atoms with van der Waals surface area (Å²) in [6, 6.07) is 0. The maximum atomic E-state index is 11.8. The van der Waals surface area contributed by atoms with Crippen LogP contribution in [0.2, 0.25) is 0 Å². The Morgan fingerprint density at radius 1 is 1.04 bits per heavy atom. The molecule has 1 rings (SSSR count). The second-order valence-corrected chi connectivity index (χ2v) is 7.60. The summed E-state index contributed by atoms with van der Waals surface area (Å²) in [7, 11) is 3.41. The molecule has 1 saturated heterocycles. The Bertz CT molecular complexity index is 427. The number of ketones is 2. The molecule has 0 bridgehead atoms. The maximum Gasteiger partial charge on any atom is 0.163 e. The molecule has 1 aliphatic heterocycles. The van der Waals surface area contributed by atoms with Gasteiger partial charge in [-0.05, 0) is 12.0 Å². The molecule has 24 heavy (non-hydrogen) atoms. The highest BCUT2D eigenvalue weighted by atomic mass is 33.1. The number of azide groups is 1. The van der Waals surface area contributed by atoms with Crippen LogP contribution in [0.3, 0.4) is 0 Å². The molecule has 0 aliphatic carbocycles. The predicted molar refractivity (Wildman–Crippen MR) is 94.1 cm³/mol. The minimum atomic E-state index is -0.0211. The zero-order chi connectivity index (χ0) is 17.5. The summed E-state index contributed by atoms with van der Waals surface area (Å²) in [6.45, 7) is 2.04. The van der Waals surface area contributed by atoms with E-state index in [1.807, 2.05) is 0 Å². The minimum Gasteiger partial charge on any atom is -0.379 e. The molecule has 8 nitrogen and oxygen atoms in total. The van der Waals surface area contributed by atoms with E-state index in [1.165, 1.54) is 0 Å². The minimum absolute atomic E-state index is 0.0126. The Morgan fingerprint density at radius 3 is 2.46 bits per heavy atom. The van der Waals surface area contributed by atoms with E-state index >= 15 is 0 Å². The van der Waals surface area contributed by atoms with E-state index < -0.39 is 0 Å². The second kappa shape index (κ2) is 14.6. The summed E-state index contributed by atoms with van der Waals surface area (Å²) in [6.07, 6.45) is 0.992. The molecule has 0 amide bonds. The van der Waals surface area contributed by atoms with Gasteiger partial charge < -0.3 is 14.2 Å². The van der Waals surface area contributed by atoms with Gasteiger partial charge in [-0.1, -0.05) is 26.7 Å². The van der Waals surface area contributed by atoms with Crippen molar-refractivity contribution in [1.29, 1.82) is 0 Å². The number of ether oxygens (including phenoxy) is 3. The van der Waals surface area contributed by atoms with Crippen molar-refractivity contribution < 1.29 is 23.8 Å². The van der Waals surface area contributed by atoms with Crippen molar-refractivity contribution in [2.45, 2.75) is 12.8 Å². The SMILES string of the molecule is [N-]=[N+]=NCCOCCOCCCC(=O)COCC(=O)C1CSSC1. The lowest BCUT2D eigenvalue weighted by molar-refractivity contribution is -0.130. The van der Waals surface area contributed by atoms with Gasteiger partial charge in [0, 0.05) is 41.9 Å².